The Morgan fingerprint density at radius 1 is 1.50 bits per heavy atom. The second-order valence-corrected chi connectivity index (χ2v) is 6.02. The third-order valence-corrected chi connectivity index (χ3v) is 4.36. The van der Waals surface area contributed by atoms with Crippen LogP contribution in [0, 0.1) is 6.92 Å². The summed E-state index contributed by atoms with van der Waals surface area (Å²) in [5.74, 6) is 0. The molecule has 4 heteroatoms. The van der Waals surface area contributed by atoms with E-state index in [0.29, 0.717) is 6.04 Å². The Hall–Kier alpha value is -0.710. The predicted octanol–water partition coefficient (Wildman–Crippen LogP) is 3.75. The van der Waals surface area contributed by atoms with Crippen LogP contribution in [0.1, 0.15) is 34.1 Å². The Bertz CT molecular complexity index is 420. The van der Waals surface area contributed by atoms with Crippen molar-refractivity contribution in [2.24, 2.45) is 0 Å². The molecule has 2 rings (SSSR count). The van der Waals surface area contributed by atoms with Gasteiger partial charge in [-0.25, -0.2) is 4.98 Å². The summed E-state index contributed by atoms with van der Waals surface area (Å²) >= 11 is 3.58. The summed E-state index contributed by atoms with van der Waals surface area (Å²) in [6, 6.07) is 4.76. The zero-order valence-corrected chi connectivity index (χ0v) is 11.2. The van der Waals surface area contributed by atoms with Crippen molar-refractivity contribution in [1.29, 1.82) is 0 Å². The van der Waals surface area contributed by atoms with E-state index in [0.717, 1.165) is 13.0 Å². The van der Waals surface area contributed by atoms with Crippen LogP contribution in [0.5, 0.6) is 0 Å². The number of aromatic nitrogens is 1. The molecule has 2 aromatic rings. The normalized spacial score (nSPS) is 12.9. The lowest BCUT2D eigenvalue weighted by Gasteiger charge is -2.14. The first-order valence-electron chi connectivity index (χ1n) is 5.47. The maximum Gasteiger partial charge on any atom is 0.107 e. The van der Waals surface area contributed by atoms with Gasteiger partial charge in [-0.15, -0.1) is 22.7 Å². The molecule has 0 aliphatic rings. The molecule has 86 valence electrons. The molecule has 0 saturated carbocycles. The van der Waals surface area contributed by atoms with E-state index in [1.165, 1.54) is 14.8 Å². The number of aryl methyl sites for hydroxylation is 1. The van der Waals surface area contributed by atoms with Crippen LogP contribution in [0.25, 0.3) is 0 Å². The number of nitrogens with zero attached hydrogens (tertiary/aromatic N) is 1. The van der Waals surface area contributed by atoms with Crippen molar-refractivity contribution < 1.29 is 0 Å². The molecule has 2 heterocycles. The van der Waals surface area contributed by atoms with E-state index in [1.807, 2.05) is 17.5 Å². The Kier molecular flexibility index (Phi) is 4.09. The Balaban J connectivity index is 1.93. The molecule has 0 aliphatic heterocycles. The van der Waals surface area contributed by atoms with Crippen LogP contribution in [0.2, 0.25) is 0 Å². The zero-order valence-electron chi connectivity index (χ0n) is 9.56. The molecular weight excluding hydrogens is 236 g/mol. The van der Waals surface area contributed by atoms with E-state index in [2.05, 4.69) is 41.7 Å². The van der Waals surface area contributed by atoms with Crippen molar-refractivity contribution in [1.82, 2.24) is 10.3 Å². The zero-order chi connectivity index (χ0) is 11.4. The molecule has 1 N–H and O–H groups in total. The van der Waals surface area contributed by atoms with Crippen LogP contribution < -0.4 is 5.32 Å². The standard InChI is InChI=1S/C12H16N2S2/c1-3-10(11-5-4-6-15-11)13-8-12-14-7-9(2)16-12/h4-7,10,13H,3,8H2,1-2H3. The summed E-state index contributed by atoms with van der Waals surface area (Å²) in [5.41, 5.74) is 0. The van der Waals surface area contributed by atoms with Crippen LogP contribution in [0.3, 0.4) is 0 Å². The van der Waals surface area contributed by atoms with Gasteiger partial charge in [0.2, 0.25) is 0 Å². The van der Waals surface area contributed by atoms with Gasteiger partial charge in [0.05, 0.1) is 0 Å². The summed E-state index contributed by atoms with van der Waals surface area (Å²) in [7, 11) is 0. The minimum Gasteiger partial charge on any atom is -0.303 e. The van der Waals surface area contributed by atoms with Crippen molar-refractivity contribution in [2.75, 3.05) is 0 Å². The van der Waals surface area contributed by atoms with E-state index in [-0.39, 0.29) is 0 Å². The van der Waals surface area contributed by atoms with E-state index in [9.17, 15) is 0 Å². The van der Waals surface area contributed by atoms with E-state index in [1.54, 1.807) is 11.3 Å². The maximum absolute atomic E-state index is 4.36. The van der Waals surface area contributed by atoms with Gasteiger partial charge in [0.25, 0.3) is 0 Å². The number of thiazole rings is 1. The number of thiophene rings is 1. The van der Waals surface area contributed by atoms with Gasteiger partial charge in [-0.1, -0.05) is 13.0 Å². The highest BCUT2D eigenvalue weighted by molar-refractivity contribution is 7.11. The van der Waals surface area contributed by atoms with Gasteiger partial charge < -0.3 is 5.32 Å². The first kappa shape index (κ1) is 11.8. The Morgan fingerprint density at radius 2 is 2.38 bits per heavy atom. The smallest absolute Gasteiger partial charge is 0.107 e. The van der Waals surface area contributed by atoms with Gasteiger partial charge in [-0.3, -0.25) is 0 Å². The third kappa shape index (κ3) is 2.90. The third-order valence-electron chi connectivity index (χ3n) is 2.46. The lowest BCUT2D eigenvalue weighted by Crippen LogP contribution is -2.19. The molecule has 0 spiro atoms. The predicted molar refractivity (Wildman–Crippen MR) is 71.0 cm³/mol. The molecule has 1 unspecified atom stereocenters. The molecule has 16 heavy (non-hydrogen) atoms. The number of rotatable bonds is 5. The van der Waals surface area contributed by atoms with Crippen LogP contribution in [0.4, 0.5) is 0 Å². The van der Waals surface area contributed by atoms with Crippen molar-refractivity contribution >= 4 is 22.7 Å². The average Bonchev–Trinajstić information content (AvgIpc) is 2.91. The molecule has 0 radical (unpaired) electrons. The minimum absolute atomic E-state index is 0.462. The summed E-state index contributed by atoms with van der Waals surface area (Å²) in [5, 5.41) is 6.87. The molecule has 0 saturated heterocycles. The fraction of sp³-hybridized carbons (Fsp3) is 0.417. The second kappa shape index (κ2) is 5.57. The molecule has 0 bridgehead atoms. The van der Waals surface area contributed by atoms with E-state index < -0.39 is 0 Å². The highest BCUT2D eigenvalue weighted by atomic mass is 32.1. The maximum atomic E-state index is 4.36. The van der Waals surface area contributed by atoms with Gasteiger partial charge in [-0.05, 0) is 24.8 Å². The van der Waals surface area contributed by atoms with Crippen LogP contribution in [-0.2, 0) is 6.54 Å². The highest BCUT2D eigenvalue weighted by Crippen LogP contribution is 2.22. The van der Waals surface area contributed by atoms with Gasteiger partial charge in [0.15, 0.2) is 0 Å². The quantitative estimate of drug-likeness (QED) is 0.876. The number of hydrogen-bond donors (Lipinski definition) is 1. The molecule has 1 atom stereocenters. The van der Waals surface area contributed by atoms with Crippen molar-refractivity contribution in [3.05, 3.63) is 38.5 Å². The largest absolute Gasteiger partial charge is 0.303 e. The SMILES string of the molecule is CCC(NCc1ncc(C)s1)c1cccs1. The molecule has 2 nitrogen and oxygen atoms in total. The van der Waals surface area contributed by atoms with Crippen molar-refractivity contribution in [3.8, 4) is 0 Å². The Labute approximate surface area is 104 Å². The van der Waals surface area contributed by atoms with Crippen LogP contribution >= 0.6 is 22.7 Å². The summed E-state index contributed by atoms with van der Waals surface area (Å²) in [6.07, 6.45) is 3.05. The molecule has 2 aromatic heterocycles. The van der Waals surface area contributed by atoms with Gasteiger partial charge in [0.1, 0.15) is 5.01 Å². The minimum atomic E-state index is 0.462. The fourth-order valence-corrected chi connectivity index (χ4v) is 3.25. The van der Waals surface area contributed by atoms with Crippen molar-refractivity contribution in [2.45, 2.75) is 32.9 Å². The molecule has 0 amide bonds. The average molecular weight is 252 g/mol. The monoisotopic (exact) mass is 252 g/mol. The molecule has 0 aliphatic carbocycles. The lowest BCUT2D eigenvalue weighted by atomic mass is 10.2. The number of hydrogen-bond acceptors (Lipinski definition) is 4. The summed E-state index contributed by atoms with van der Waals surface area (Å²) in [4.78, 5) is 7.05. The highest BCUT2D eigenvalue weighted by Gasteiger charge is 2.10. The van der Waals surface area contributed by atoms with Gasteiger partial charge in [-0.2, -0.15) is 0 Å². The lowest BCUT2D eigenvalue weighted by molar-refractivity contribution is 0.525. The first-order valence-corrected chi connectivity index (χ1v) is 7.17. The van der Waals surface area contributed by atoms with Crippen LogP contribution in [-0.4, -0.2) is 4.98 Å². The van der Waals surface area contributed by atoms with Gasteiger partial charge in [0, 0.05) is 28.5 Å². The fourth-order valence-electron chi connectivity index (χ4n) is 1.63. The van der Waals surface area contributed by atoms with Crippen molar-refractivity contribution in [3.63, 3.8) is 0 Å². The van der Waals surface area contributed by atoms with E-state index in [4.69, 9.17) is 0 Å². The van der Waals surface area contributed by atoms with Gasteiger partial charge >= 0.3 is 0 Å². The molecular formula is C12H16N2S2. The van der Waals surface area contributed by atoms with Crippen LogP contribution in [0.15, 0.2) is 23.7 Å². The second-order valence-electron chi connectivity index (χ2n) is 3.72. The van der Waals surface area contributed by atoms with E-state index >= 15 is 0 Å². The molecule has 0 aromatic carbocycles. The summed E-state index contributed by atoms with van der Waals surface area (Å²) < 4.78 is 0. The summed E-state index contributed by atoms with van der Waals surface area (Å²) in [6.45, 7) is 5.18. The molecule has 0 fully saturated rings. The first-order chi connectivity index (χ1) is 7.79. The topological polar surface area (TPSA) is 24.9 Å². The number of nitrogens with one attached hydrogen (secondary N) is 1. The Morgan fingerprint density at radius 3 is 2.94 bits per heavy atom.